The first-order valence-electron chi connectivity index (χ1n) is 14.0. The van der Waals surface area contributed by atoms with Crippen molar-refractivity contribution in [3.05, 3.63) is 150 Å². The average molecular weight is 577 g/mol. The van der Waals surface area contributed by atoms with Gasteiger partial charge in [0.15, 0.2) is 11.4 Å². The molecule has 8 rings (SSSR count). The van der Waals surface area contributed by atoms with Gasteiger partial charge < -0.3 is 4.57 Å². The van der Waals surface area contributed by atoms with Gasteiger partial charge >= 0.3 is 0 Å². The van der Waals surface area contributed by atoms with E-state index in [0.29, 0.717) is 16.9 Å². The molecule has 0 N–H and O–H groups in total. The van der Waals surface area contributed by atoms with E-state index in [4.69, 9.17) is 13.1 Å². The first-order chi connectivity index (χ1) is 21.6. The number of fused-ring (bicyclic) bond motifs is 6. The van der Waals surface area contributed by atoms with E-state index in [-0.39, 0.29) is 0 Å². The fraction of sp³-hybridized carbons (Fsp3) is 0. The molecule has 2 heterocycles. The van der Waals surface area contributed by atoms with E-state index >= 15 is 0 Å². The molecule has 0 bridgehead atoms. The largest absolute Gasteiger partial charge is 0.311 e. The summed E-state index contributed by atoms with van der Waals surface area (Å²) in [7, 11) is 0. The van der Waals surface area contributed by atoms with Gasteiger partial charge in [0, 0.05) is 31.2 Å². The lowest BCUT2D eigenvalue weighted by Gasteiger charge is -2.12. The van der Waals surface area contributed by atoms with Gasteiger partial charge in [0.05, 0.1) is 35.8 Å². The van der Waals surface area contributed by atoms with E-state index < -0.39 is 0 Å². The molecule has 2 aromatic heterocycles. The fourth-order valence-electron chi connectivity index (χ4n) is 6.21. The van der Waals surface area contributed by atoms with Gasteiger partial charge in [-0.15, -0.1) is 11.3 Å². The van der Waals surface area contributed by atoms with Crippen LogP contribution in [0.5, 0.6) is 0 Å². The summed E-state index contributed by atoms with van der Waals surface area (Å²) in [5.41, 5.74) is 8.77. The summed E-state index contributed by atoms with van der Waals surface area (Å²) in [5, 5.41) is 13.8. The number of nitrogens with zero attached hydrogens (tertiary/aromatic N) is 4. The first-order valence-corrected chi connectivity index (χ1v) is 14.9. The number of nitriles is 1. The third-order valence-corrected chi connectivity index (χ3v) is 9.43. The van der Waals surface area contributed by atoms with Crippen LogP contribution in [0.1, 0.15) is 5.56 Å². The topological polar surface area (TPSA) is 37.4 Å². The molecule has 5 heteroatoms. The summed E-state index contributed by atoms with van der Waals surface area (Å²) < 4.78 is 4.62. The molecule has 0 unspecified atom stereocenters. The van der Waals surface area contributed by atoms with Crippen LogP contribution in [0.2, 0.25) is 0 Å². The standard InChI is InChI=1S/C39H20N4S/c1-41-28-13-15-37-34(22-28)33-17-24(23-40)11-14-36(33)43(37)30-19-27(18-29(21-30)42-2)26-12-16-38-35(20-26)32-10-6-9-31(39(32)44-38)25-7-4-3-5-8-25/h3-22H. The summed E-state index contributed by atoms with van der Waals surface area (Å²) in [6.45, 7) is 15.5. The van der Waals surface area contributed by atoms with Gasteiger partial charge in [-0.2, -0.15) is 5.26 Å². The minimum Gasteiger partial charge on any atom is -0.311 e. The summed E-state index contributed by atoms with van der Waals surface area (Å²) in [4.78, 5) is 7.48. The maximum Gasteiger partial charge on any atom is 0.189 e. The zero-order valence-electron chi connectivity index (χ0n) is 23.2. The highest BCUT2D eigenvalue weighted by Crippen LogP contribution is 2.42. The Hall–Kier alpha value is -6.19. The molecule has 6 aromatic carbocycles. The number of aromatic nitrogens is 1. The van der Waals surface area contributed by atoms with Crippen LogP contribution in [-0.2, 0) is 0 Å². The molecule has 0 aliphatic rings. The Labute approximate surface area is 257 Å². The van der Waals surface area contributed by atoms with Crippen LogP contribution in [0.25, 0.3) is 79.6 Å². The molecule has 4 nitrogen and oxygen atoms in total. The molecule has 0 radical (unpaired) electrons. The molecule has 0 amide bonds. The Balaban J connectivity index is 1.34. The average Bonchev–Trinajstić information content (AvgIpc) is 3.62. The molecular formula is C39H20N4S. The Morgan fingerprint density at radius 1 is 0.591 bits per heavy atom. The Kier molecular flexibility index (Phi) is 5.78. The minimum atomic E-state index is 0.542. The van der Waals surface area contributed by atoms with Gasteiger partial charge in [-0.25, -0.2) is 9.69 Å². The maximum absolute atomic E-state index is 9.59. The van der Waals surface area contributed by atoms with Crippen LogP contribution >= 0.6 is 11.3 Å². The highest BCUT2D eigenvalue weighted by atomic mass is 32.1. The molecule has 44 heavy (non-hydrogen) atoms. The number of rotatable bonds is 3. The van der Waals surface area contributed by atoms with Crippen LogP contribution < -0.4 is 0 Å². The maximum atomic E-state index is 9.59. The lowest BCUT2D eigenvalue weighted by molar-refractivity contribution is 1.18. The van der Waals surface area contributed by atoms with Gasteiger partial charge in [0.2, 0.25) is 0 Å². The van der Waals surface area contributed by atoms with Crippen molar-refractivity contribution in [1.82, 2.24) is 4.57 Å². The van der Waals surface area contributed by atoms with Crippen molar-refractivity contribution >= 4 is 64.7 Å². The molecule has 8 aromatic rings. The number of hydrogen-bond acceptors (Lipinski definition) is 2. The molecule has 0 spiro atoms. The summed E-state index contributed by atoms with van der Waals surface area (Å²) >= 11 is 1.81. The number of benzene rings is 6. The van der Waals surface area contributed by atoms with Gasteiger partial charge in [-0.1, -0.05) is 60.7 Å². The molecule has 0 saturated carbocycles. The predicted octanol–water partition coefficient (Wildman–Crippen LogP) is 11.5. The van der Waals surface area contributed by atoms with Crippen molar-refractivity contribution in [3.8, 4) is 34.0 Å². The van der Waals surface area contributed by atoms with Gasteiger partial charge in [-0.05, 0) is 88.3 Å². The zero-order valence-corrected chi connectivity index (χ0v) is 24.1. The molecule has 0 atom stereocenters. The zero-order chi connectivity index (χ0) is 29.8. The van der Waals surface area contributed by atoms with Crippen LogP contribution in [-0.4, -0.2) is 4.57 Å². The molecule has 0 saturated heterocycles. The lowest BCUT2D eigenvalue weighted by Crippen LogP contribution is -1.94. The molecule has 0 aliphatic carbocycles. The van der Waals surface area contributed by atoms with E-state index in [1.165, 1.54) is 31.3 Å². The van der Waals surface area contributed by atoms with Crippen LogP contribution in [0.15, 0.2) is 121 Å². The number of thiophene rings is 1. The van der Waals surface area contributed by atoms with E-state index in [1.54, 1.807) is 0 Å². The molecular weight excluding hydrogens is 557 g/mol. The highest BCUT2D eigenvalue weighted by molar-refractivity contribution is 7.26. The van der Waals surface area contributed by atoms with Crippen LogP contribution in [0.3, 0.4) is 0 Å². The normalized spacial score (nSPS) is 11.1. The smallest absolute Gasteiger partial charge is 0.189 e. The second-order valence-electron chi connectivity index (χ2n) is 10.7. The molecule has 202 valence electrons. The minimum absolute atomic E-state index is 0.542. The SMILES string of the molecule is [C-]#[N+]c1cc(-c2ccc3sc4c(-c5ccccc5)cccc4c3c2)cc(-n2c3ccc(C#N)cc3c3cc([N+]#[C-])ccc32)c1. The van der Waals surface area contributed by atoms with E-state index in [0.717, 1.165) is 38.6 Å². The van der Waals surface area contributed by atoms with E-state index in [1.807, 2.05) is 65.9 Å². The third-order valence-electron chi connectivity index (χ3n) is 8.21. The lowest BCUT2D eigenvalue weighted by atomic mass is 9.99. The predicted molar refractivity (Wildman–Crippen MR) is 182 cm³/mol. The first kappa shape index (κ1) is 25.5. The van der Waals surface area contributed by atoms with Gasteiger partial charge in [-0.3, -0.25) is 0 Å². The quantitative estimate of drug-likeness (QED) is 0.193. The van der Waals surface area contributed by atoms with Crippen molar-refractivity contribution in [3.63, 3.8) is 0 Å². The summed E-state index contributed by atoms with van der Waals surface area (Å²) in [6.07, 6.45) is 0. The van der Waals surface area contributed by atoms with Crippen molar-refractivity contribution in [2.75, 3.05) is 0 Å². The van der Waals surface area contributed by atoms with Crippen molar-refractivity contribution in [2.24, 2.45) is 0 Å². The number of hydrogen-bond donors (Lipinski definition) is 0. The fourth-order valence-corrected chi connectivity index (χ4v) is 7.43. The molecule has 0 fully saturated rings. The highest BCUT2D eigenvalue weighted by Gasteiger charge is 2.16. The third kappa shape index (κ3) is 3.95. The van der Waals surface area contributed by atoms with Gasteiger partial charge in [0.25, 0.3) is 0 Å². The second-order valence-corrected chi connectivity index (χ2v) is 11.8. The van der Waals surface area contributed by atoms with Crippen LogP contribution in [0, 0.1) is 24.5 Å². The van der Waals surface area contributed by atoms with Crippen molar-refractivity contribution in [2.45, 2.75) is 0 Å². The van der Waals surface area contributed by atoms with E-state index in [2.05, 4.69) is 87.1 Å². The monoisotopic (exact) mass is 576 g/mol. The van der Waals surface area contributed by atoms with Crippen molar-refractivity contribution in [1.29, 1.82) is 5.26 Å². The van der Waals surface area contributed by atoms with E-state index in [9.17, 15) is 5.26 Å². The second kappa shape index (κ2) is 9.97. The molecule has 0 aliphatic heterocycles. The Morgan fingerprint density at radius 3 is 2.18 bits per heavy atom. The Bertz CT molecular complexity index is 2510. The summed E-state index contributed by atoms with van der Waals surface area (Å²) in [6, 6.07) is 43.1. The Morgan fingerprint density at radius 2 is 1.39 bits per heavy atom. The van der Waals surface area contributed by atoms with Gasteiger partial charge in [0.1, 0.15) is 0 Å². The van der Waals surface area contributed by atoms with Crippen LogP contribution in [0.4, 0.5) is 11.4 Å². The van der Waals surface area contributed by atoms with Crippen molar-refractivity contribution < 1.29 is 0 Å². The summed E-state index contributed by atoms with van der Waals surface area (Å²) in [5.74, 6) is 0.